The van der Waals surface area contributed by atoms with Gasteiger partial charge in [-0.1, -0.05) is 32.5 Å². The summed E-state index contributed by atoms with van der Waals surface area (Å²) in [5.74, 6) is 2.32. The fourth-order valence-corrected chi connectivity index (χ4v) is 4.73. The van der Waals surface area contributed by atoms with E-state index in [2.05, 4.69) is 45.9 Å². The van der Waals surface area contributed by atoms with Gasteiger partial charge in [-0.25, -0.2) is 4.98 Å². The van der Waals surface area contributed by atoms with E-state index in [4.69, 9.17) is 9.72 Å². The van der Waals surface area contributed by atoms with Crippen LogP contribution in [0.15, 0.2) is 59.3 Å². The summed E-state index contributed by atoms with van der Waals surface area (Å²) in [6.07, 6.45) is 3.52. The van der Waals surface area contributed by atoms with Crippen molar-refractivity contribution < 1.29 is 4.74 Å². The summed E-state index contributed by atoms with van der Waals surface area (Å²) in [4.78, 5) is 8.92. The molecule has 0 fully saturated rings. The van der Waals surface area contributed by atoms with Gasteiger partial charge < -0.3 is 4.74 Å². The second-order valence-corrected chi connectivity index (χ2v) is 9.56. The molecule has 0 aliphatic rings. The monoisotopic (exact) mass is 437 g/mol. The number of aromatic nitrogens is 5. The smallest absolute Gasteiger partial charge is 0.196 e. The maximum Gasteiger partial charge on any atom is 0.196 e. The lowest BCUT2D eigenvalue weighted by Crippen LogP contribution is -2.10. The third-order valence-corrected chi connectivity index (χ3v) is 6.72. The quantitative estimate of drug-likeness (QED) is 0.377. The van der Waals surface area contributed by atoms with Gasteiger partial charge in [0.05, 0.1) is 17.8 Å². The van der Waals surface area contributed by atoms with Crippen molar-refractivity contribution in [3.8, 4) is 22.8 Å². The van der Waals surface area contributed by atoms with E-state index < -0.39 is 0 Å². The second kappa shape index (κ2) is 8.57. The molecule has 1 aromatic carbocycles. The van der Waals surface area contributed by atoms with Crippen molar-refractivity contribution in [2.45, 2.75) is 37.1 Å². The zero-order valence-electron chi connectivity index (χ0n) is 17.4. The molecule has 0 atom stereocenters. The summed E-state index contributed by atoms with van der Waals surface area (Å²) >= 11 is 3.34. The average Bonchev–Trinajstić information content (AvgIpc) is 3.40. The van der Waals surface area contributed by atoms with Crippen LogP contribution in [0, 0.1) is 0 Å². The van der Waals surface area contributed by atoms with Gasteiger partial charge in [-0.2, -0.15) is 0 Å². The number of thiazole rings is 1. The van der Waals surface area contributed by atoms with Crippen molar-refractivity contribution in [3.63, 3.8) is 0 Å². The minimum Gasteiger partial charge on any atom is -0.497 e. The highest BCUT2D eigenvalue weighted by atomic mass is 32.2. The molecule has 6 nitrogen and oxygen atoms in total. The first-order chi connectivity index (χ1) is 14.5. The predicted molar refractivity (Wildman–Crippen MR) is 122 cm³/mol. The molecule has 0 bridgehead atoms. The predicted octanol–water partition coefficient (Wildman–Crippen LogP) is 5.38. The maximum atomic E-state index is 5.31. The van der Waals surface area contributed by atoms with Gasteiger partial charge >= 0.3 is 0 Å². The minimum absolute atomic E-state index is 0.0607. The molecule has 4 aromatic rings. The van der Waals surface area contributed by atoms with Gasteiger partial charge in [0.2, 0.25) is 0 Å². The Hall–Kier alpha value is -2.71. The molecule has 154 valence electrons. The van der Waals surface area contributed by atoms with Gasteiger partial charge in [-0.05, 0) is 36.4 Å². The minimum atomic E-state index is 0.0607. The normalized spacial score (nSPS) is 11.6. The number of benzene rings is 1. The van der Waals surface area contributed by atoms with Crippen molar-refractivity contribution in [1.82, 2.24) is 24.7 Å². The second-order valence-electron chi connectivity index (χ2n) is 7.76. The summed E-state index contributed by atoms with van der Waals surface area (Å²) in [7, 11) is 1.66. The molecule has 0 unspecified atom stereocenters. The Bertz CT molecular complexity index is 1110. The number of rotatable bonds is 6. The average molecular weight is 438 g/mol. The zero-order chi connectivity index (χ0) is 21.1. The van der Waals surface area contributed by atoms with Crippen LogP contribution in [0.3, 0.4) is 0 Å². The van der Waals surface area contributed by atoms with E-state index in [9.17, 15) is 0 Å². The number of hydrogen-bond acceptors (Lipinski definition) is 7. The standard InChI is InChI=1S/C22H23N5OS2/c1-22(2,3)20-24-16(13-29-20)14-30-21-26-25-19(15-9-11-23-12-10-15)27(21)17-5-7-18(28-4)8-6-17/h5-13H,14H2,1-4H3. The highest BCUT2D eigenvalue weighted by molar-refractivity contribution is 7.98. The molecule has 8 heteroatoms. The van der Waals surface area contributed by atoms with E-state index >= 15 is 0 Å². The molecular formula is C22H23N5OS2. The lowest BCUT2D eigenvalue weighted by molar-refractivity contribution is 0.414. The number of thioether (sulfide) groups is 1. The first-order valence-electron chi connectivity index (χ1n) is 9.53. The summed E-state index contributed by atoms with van der Waals surface area (Å²) in [6.45, 7) is 6.55. The summed E-state index contributed by atoms with van der Waals surface area (Å²) in [5, 5.41) is 13.1. The lowest BCUT2D eigenvalue weighted by atomic mass is 9.98. The van der Waals surface area contributed by atoms with Crippen molar-refractivity contribution in [1.29, 1.82) is 0 Å². The van der Waals surface area contributed by atoms with Crippen molar-refractivity contribution in [3.05, 3.63) is 64.9 Å². The number of methoxy groups -OCH3 is 1. The van der Waals surface area contributed by atoms with Gasteiger partial charge in [0.1, 0.15) is 5.75 Å². The van der Waals surface area contributed by atoms with Gasteiger partial charge in [0.15, 0.2) is 11.0 Å². The molecule has 0 aliphatic carbocycles. The first kappa shape index (κ1) is 20.6. The molecular weight excluding hydrogens is 414 g/mol. The number of pyridine rings is 1. The molecule has 0 saturated heterocycles. The number of ether oxygens (including phenoxy) is 1. The summed E-state index contributed by atoms with van der Waals surface area (Å²) in [5.41, 5.74) is 3.06. The van der Waals surface area contributed by atoms with Crippen LogP contribution < -0.4 is 4.74 Å². The third kappa shape index (κ3) is 4.39. The first-order valence-corrected chi connectivity index (χ1v) is 11.4. The zero-order valence-corrected chi connectivity index (χ0v) is 19.0. The van der Waals surface area contributed by atoms with Crippen molar-refractivity contribution in [2.75, 3.05) is 7.11 Å². The molecule has 0 aliphatic heterocycles. The molecule has 0 N–H and O–H groups in total. The van der Waals surface area contributed by atoms with Crippen LogP contribution in [0.25, 0.3) is 17.1 Å². The fraction of sp³-hybridized carbons (Fsp3) is 0.273. The van der Waals surface area contributed by atoms with E-state index in [-0.39, 0.29) is 5.41 Å². The van der Waals surface area contributed by atoms with Gasteiger partial charge in [-0.15, -0.1) is 21.5 Å². The van der Waals surface area contributed by atoms with Crippen LogP contribution in [0.4, 0.5) is 0 Å². The van der Waals surface area contributed by atoms with Crippen LogP contribution >= 0.6 is 23.1 Å². The van der Waals surface area contributed by atoms with Gasteiger partial charge in [0.25, 0.3) is 0 Å². The lowest BCUT2D eigenvalue weighted by Gasteiger charge is -2.13. The fourth-order valence-electron chi connectivity index (χ4n) is 2.87. The Kier molecular flexibility index (Phi) is 5.87. The molecule has 0 radical (unpaired) electrons. The highest BCUT2D eigenvalue weighted by Crippen LogP contribution is 2.32. The molecule has 0 amide bonds. The largest absolute Gasteiger partial charge is 0.497 e. The highest BCUT2D eigenvalue weighted by Gasteiger charge is 2.20. The Morgan fingerprint density at radius 2 is 1.77 bits per heavy atom. The van der Waals surface area contributed by atoms with Crippen LogP contribution in [0.2, 0.25) is 0 Å². The van der Waals surface area contributed by atoms with Crippen LogP contribution in [0.1, 0.15) is 31.5 Å². The van der Waals surface area contributed by atoms with E-state index in [0.29, 0.717) is 0 Å². The molecule has 3 heterocycles. The molecule has 4 rings (SSSR count). The van der Waals surface area contributed by atoms with E-state index in [1.807, 2.05) is 36.4 Å². The van der Waals surface area contributed by atoms with Crippen LogP contribution in [-0.4, -0.2) is 31.8 Å². The molecule has 30 heavy (non-hydrogen) atoms. The van der Waals surface area contributed by atoms with Crippen LogP contribution in [0.5, 0.6) is 5.75 Å². The summed E-state index contributed by atoms with van der Waals surface area (Å²) in [6, 6.07) is 11.8. The van der Waals surface area contributed by atoms with Crippen molar-refractivity contribution in [2.24, 2.45) is 0 Å². The molecule has 0 spiro atoms. The molecule has 0 saturated carbocycles. The topological polar surface area (TPSA) is 65.7 Å². The Labute approximate surface area is 184 Å². The van der Waals surface area contributed by atoms with E-state index in [1.165, 1.54) is 0 Å². The van der Waals surface area contributed by atoms with E-state index in [1.54, 1.807) is 42.6 Å². The Morgan fingerprint density at radius 1 is 1.03 bits per heavy atom. The maximum absolute atomic E-state index is 5.31. The number of hydrogen-bond donors (Lipinski definition) is 0. The number of nitrogens with zero attached hydrogens (tertiary/aromatic N) is 5. The van der Waals surface area contributed by atoms with E-state index in [0.717, 1.165) is 44.4 Å². The van der Waals surface area contributed by atoms with Gasteiger partial charge in [0, 0.05) is 40.2 Å². The Balaban J connectivity index is 1.67. The van der Waals surface area contributed by atoms with Crippen LogP contribution in [-0.2, 0) is 11.2 Å². The third-order valence-electron chi connectivity index (χ3n) is 4.44. The van der Waals surface area contributed by atoms with Gasteiger partial charge in [-0.3, -0.25) is 9.55 Å². The summed E-state index contributed by atoms with van der Waals surface area (Å²) < 4.78 is 7.37. The molecule has 3 aromatic heterocycles. The SMILES string of the molecule is COc1ccc(-n2c(SCc3csc(C(C)(C)C)n3)nnc2-c2ccncc2)cc1. The van der Waals surface area contributed by atoms with Crippen molar-refractivity contribution >= 4 is 23.1 Å². The Morgan fingerprint density at radius 3 is 2.40 bits per heavy atom.